The first-order chi connectivity index (χ1) is 8.07. The van der Waals surface area contributed by atoms with Crippen molar-refractivity contribution >= 4 is 15.7 Å². The molecule has 0 aliphatic rings. The van der Waals surface area contributed by atoms with E-state index in [4.69, 9.17) is 0 Å². The average molecular weight is 256 g/mol. The summed E-state index contributed by atoms with van der Waals surface area (Å²) < 4.78 is 25.9. The van der Waals surface area contributed by atoms with E-state index in [0.717, 1.165) is 18.5 Å². The normalized spacial score (nSPS) is 11.4. The van der Waals surface area contributed by atoms with E-state index >= 15 is 0 Å². The molecule has 0 saturated heterocycles. The summed E-state index contributed by atoms with van der Waals surface area (Å²) in [5.41, 5.74) is 1.75. The molecule has 0 unspecified atom stereocenters. The van der Waals surface area contributed by atoms with Crippen molar-refractivity contribution < 1.29 is 8.42 Å². The van der Waals surface area contributed by atoms with Gasteiger partial charge in [-0.2, -0.15) is 0 Å². The molecule has 0 aliphatic heterocycles. The Hall–Kier alpha value is -1.07. The molecule has 1 aromatic carbocycles. The molecule has 0 atom stereocenters. The minimum absolute atomic E-state index is 0.182. The SMILES string of the molecule is CCCCS(=O)(=O)Nc1ccc(CNC)cc1. The Morgan fingerprint density at radius 1 is 1.18 bits per heavy atom. The molecule has 0 heterocycles. The first kappa shape index (κ1) is 14.0. The predicted molar refractivity (Wildman–Crippen MR) is 71.5 cm³/mol. The minimum atomic E-state index is -3.19. The summed E-state index contributed by atoms with van der Waals surface area (Å²) in [6, 6.07) is 7.40. The van der Waals surface area contributed by atoms with Crippen molar-refractivity contribution in [1.29, 1.82) is 0 Å². The molecule has 0 radical (unpaired) electrons. The maximum Gasteiger partial charge on any atom is 0.232 e. The smallest absolute Gasteiger partial charge is 0.232 e. The lowest BCUT2D eigenvalue weighted by Gasteiger charge is -2.08. The molecular weight excluding hydrogens is 236 g/mol. The molecule has 17 heavy (non-hydrogen) atoms. The Bertz CT molecular complexity index is 426. The third kappa shape index (κ3) is 5.19. The topological polar surface area (TPSA) is 58.2 Å². The highest BCUT2D eigenvalue weighted by molar-refractivity contribution is 7.92. The fourth-order valence-corrected chi connectivity index (χ4v) is 2.73. The number of nitrogens with one attached hydrogen (secondary N) is 2. The summed E-state index contributed by atoms with van der Waals surface area (Å²) in [6.07, 6.45) is 1.56. The summed E-state index contributed by atoms with van der Waals surface area (Å²) in [4.78, 5) is 0. The van der Waals surface area contributed by atoms with E-state index in [9.17, 15) is 8.42 Å². The number of sulfonamides is 1. The van der Waals surface area contributed by atoms with Crippen LogP contribution in [0.2, 0.25) is 0 Å². The standard InChI is InChI=1S/C12H20N2O2S/c1-3-4-9-17(15,16)14-12-7-5-11(6-8-12)10-13-2/h5-8,13-14H,3-4,9-10H2,1-2H3. The molecule has 4 nitrogen and oxygen atoms in total. The molecule has 2 N–H and O–H groups in total. The summed E-state index contributed by atoms with van der Waals surface area (Å²) in [5, 5.41) is 3.04. The van der Waals surface area contributed by atoms with Gasteiger partial charge in [0.05, 0.1) is 5.75 Å². The molecule has 96 valence electrons. The number of unbranched alkanes of at least 4 members (excludes halogenated alkanes) is 1. The van der Waals surface area contributed by atoms with Crippen LogP contribution < -0.4 is 10.0 Å². The van der Waals surface area contributed by atoms with Gasteiger partial charge in [-0.05, 0) is 31.2 Å². The van der Waals surface area contributed by atoms with Gasteiger partial charge in [0.2, 0.25) is 10.0 Å². The predicted octanol–water partition coefficient (Wildman–Crippen LogP) is 1.95. The molecular formula is C12H20N2O2S. The van der Waals surface area contributed by atoms with E-state index in [-0.39, 0.29) is 5.75 Å². The second kappa shape index (κ2) is 6.61. The van der Waals surface area contributed by atoms with Crippen molar-refractivity contribution in [2.75, 3.05) is 17.5 Å². The third-order valence-corrected chi connectivity index (χ3v) is 3.75. The Balaban J connectivity index is 2.62. The zero-order valence-corrected chi connectivity index (χ0v) is 11.2. The van der Waals surface area contributed by atoms with Crippen molar-refractivity contribution in [2.45, 2.75) is 26.3 Å². The summed E-state index contributed by atoms with van der Waals surface area (Å²) in [6.45, 7) is 2.75. The monoisotopic (exact) mass is 256 g/mol. The summed E-state index contributed by atoms with van der Waals surface area (Å²) >= 11 is 0. The molecule has 0 aliphatic carbocycles. The van der Waals surface area contributed by atoms with Crippen molar-refractivity contribution in [3.63, 3.8) is 0 Å². The zero-order valence-electron chi connectivity index (χ0n) is 10.4. The molecule has 0 fully saturated rings. The van der Waals surface area contributed by atoms with Crippen LogP contribution in [-0.2, 0) is 16.6 Å². The number of hydrogen-bond acceptors (Lipinski definition) is 3. The van der Waals surface area contributed by atoms with Crippen LogP contribution in [-0.4, -0.2) is 21.2 Å². The van der Waals surface area contributed by atoms with Gasteiger partial charge in [-0.1, -0.05) is 25.5 Å². The van der Waals surface area contributed by atoms with Crippen LogP contribution in [0.25, 0.3) is 0 Å². The van der Waals surface area contributed by atoms with E-state index in [1.165, 1.54) is 0 Å². The summed E-state index contributed by atoms with van der Waals surface area (Å²) in [5.74, 6) is 0.182. The van der Waals surface area contributed by atoms with E-state index < -0.39 is 10.0 Å². The quantitative estimate of drug-likeness (QED) is 0.784. The second-order valence-electron chi connectivity index (χ2n) is 4.00. The minimum Gasteiger partial charge on any atom is -0.316 e. The largest absolute Gasteiger partial charge is 0.316 e. The van der Waals surface area contributed by atoms with Crippen LogP contribution in [0, 0.1) is 0 Å². The van der Waals surface area contributed by atoms with Crippen molar-refractivity contribution in [1.82, 2.24) is 5.32 Å². The Labute approximate surface area is 103 Å². The highest BCUT2D eigenvalue weighted by atomic mass is 32.2. The zero-order chi connectivity index (χ0) is 12.7. The molecule has 0 spiro atoms. The molecule has 0 aromatic heterocycles. The van der Waals surface area contributed by atoms with Crippen LogP contribution >= 0.6 is 0 Å². The van der Waals surface area contributed by atoms with E-state index in [2.05, 4.69) is 10.0 Å². The van der Waals surface area contributed by atoms with Crippen molar-refractivity contribution in [2.24, 2.45) is 0 Å². The van der Waals surface area contributed by atoms with Crippen LogP contribution in [0.15, 0.2) is 24.3 Å². The van der Waals surface area contributed by atoms with E-state index in [0.29, 0.717) is 12.1 Å². The number of anilines is 1. The van der Waals surface area contributed by atoms with Crippen LogP contribution in [0.5, 0.6) is 0 Å². The Morgan fingerprint density at radius 3 is 2.35 bits per heavy atom. The van der Waals surface area contributed by atoms with Gasteiger partial charge in [-0.15, -0.1) is 0 Å². The molecule has 0 bridgehead atoms. The lowest BCUT2D eigenvalue weighted by Crippen LogP contribution is -2.16. The fraction of sp³-hybridized carbons (Fsp3) is 0.500. The maximum atomic E-state index is 11.6. The van der Waals surface area contributed by atoms with Gasteiger partial charge in [-0.25, -0.2) is 8.42 Å². The van der Waals surface area contributed by atoms with Gasteiger partial charge in [0.1, 0.15) is 0 Å². The van der Waals surface area contributed by atoms with Gasteiger partial charge in [-0.3, -0.25) is 4.72 Å². The average Bonchev–Trinajstić information content (AvgIpc) is 2.29. The van der Waals surface area contributed by atoms with Gasteiger partial charge in [0, 0.05) is 12.2 Å². The molecule has 5 heteroatoms. The Morgan fingerprint density at radius 2 is 1.82 bits per heavy atom. The number of benzene rings is 1. The maximum absolute atomic E-state index is 11.6. The second-order valence-corrected chi connectivity index (χ2v) is 5.84. The van der Waals surface area contributed by atoms with E-state index in [1.807, 2.05) is 26.1 Å². The van der Waals surface area contributed by atoms with Crippen LogP contribution in [0.3, 0.4) is 0 Å². The third-order valence-electron chi connectivity index (χ3n) is 2.37. The fourth-order valence-electron chi connectivity index (χ4n) is 1.46. The highest BCUT2D eigenvalue weighted by Gasteiger charge is 2.08. The summed E-state index contributed by atoms with van der Waals surface area (Å²) in [7, 11) is -1.31. The van der Waals surface area contributed by atoms with Crippen LogP contribution in [0.1, 0.15) is 25.3 Å². The van der Waals surface area contributed by atoms with Gasteiger partial charge in [0.15, 0.2) is 0 Å². The van der Waals surface area contributed by atoms with Crippen LogP contribution in [0.4, 0.5) is 5.69 Å². The van der Waals surface area contributed by atoms with Crippen molar-refractivity contribution in [3.05, 3.63) is 29.8 Å². The molecule has 1 rings (SSSR count). The lowest BCUT2D eigenvalue weighted by atomic mass is 10.2. The number of rotatable bonds is 7. The van der Waals surface area contributed by atoms with E-state index in [1.54, 1.807) is 12.1 Å². The van der Waals surface area contributed by atoms with Gasteiger partial charge in [0.25, 0.3) is 0 Å². The number of hydrogen-bond donors (Lipinski definition) is 2. The first-order valence-electron chi connectivity index (χ1n) is 5.81. The molecule has 0 saturated carbocycles. The van der Waals surface area contributed by atoms with Crippen molar-refractivity contribution in [3.8, 4) is 0 Å². The van der Waals surface area contributed by atoms with Gasteiger partial charge >= 0.3 is 0 Å². The first-order valence-corrected chi connectivity index (χ1v) is 7.46. The Kier molecular flexibility index (Phi) is 5.44. The molecule has 0 amide bonds. The van der Waals surface area contributed by atoms with Gasteiger partial charge < -0.3 is 5.32 Å². The highest BCUT2D eigenvalue weighted by Crippen LogP contribution is 2.12. The molecule has 1 aromatic rings. The lowest BCUT2D eigenvalue weighted by molar-refractivity contribution is 0.598.